The number of Topliss-reactive ketones (excluding diaryl/α,β-unsaturated/α-hetero) is 1. The minimum Gasteiger partial charge on any atom is -0.299 e. The molecule has 0 N–H and O–H groups in total. The second-order valence-corrected chi connectivity index (χ2v) is 7.12. The van der Waals surface area contributed by atoms with E-state index in [9.17, 15) is 4.79 Å². The minimum absolute atomic E-state index is 0.0818. The van der Waals surface area contributed by atoms with Crippen LogP contribution in [0.15, 0.2) is 0 Å². The lowest BCUT2D eigenvalue weighted by atomic mass is 9.72. The van der Waals surface area contributed by atoms with Crippen molar-refractivity contribution in [1.29, 1.82) is 0 Å². The quantitative estimate of drug-likeness (QED) is 0.593. The zero-order valence-electron chi connectivity index (χ0n) is 10.2. The van der Waals surface area contributed by atoms with Crippen molar-refractivity contribution in [2.45, 2.75) is 52.9 Å². The van der Waals surface area contributed by atoms with Crippen LogP contribution in [-0.4, -0.2) is 5.78 Å². The van der Waals surface area contributed by atoms with E-state index >= 15 is 0 Å². The van der Waals surface area contributed by atoms with E-state index in [1.165, 1.54) is 25.7 Å². The highest BCUT2D eigenvalue weighted by atomic mass is 16.1. The average Bonchev–Trinajstić information content (AvgIpc) is 2.65. The van der Waals surface area contributed by atoms with Crippen molar-refractivity contribution in [3.8, 4) is 0 Å². The molecule has 0 saturated heterocycles. The van der Waals surface area contributed by atoms with Gasteiger partial charge in [-0.15, -0.1) is 0 Å². The number of carbonyl (C=O) groups excluding carboxylic acids is 1. The third kappa shape index (κ3) is 1.13. The van der Waals surface area contributed by atoms with E-state index in [4.69, 9.17) is 0 Å². The van der Waals surface area contributed by atoms with Gasteiger partial charge in [-0.2, -0.15) is 0 Å². The molecule has 3 saturated carbocycles. The third-order valence-corrected chi connectivity index (χ3v) is 5.68. The standard InChI is InChI=1S/C14H22O/c1-13(2)7-9-6-10-4-5-12(15)14(10,3)11(9)8-13/h9-11H,4-8H2,1-3H3/t9-,10+,11+,14+/m0/s1. The molecule has 0 aromatic carbocycles. The van der Waals surface area contributed by atoms with E-state index in [1.807, 2.05) is 0 Å². The zero-order valence-corrected chi connectivity index (χ0v) is 10.2. The summed E-state index contributed by atoms with van der Waals surface area (Å²) in [6.07, 6.45) is 6.04. The molecule has 0 bridgehead atoms. The molecule has 0 unspecified atom stereocenters. The van der Waals surface area contributed by atoms with Gasteiger partial charge in [0, 0.05) is 11.8 Å². The number of hydrogen-bond donors (Lipinski definition) is 0. The van der Waals surface area contributed by atoms with Crippen LogP contribution in [0.4, 0.5) is 0 Å². The maximum Gasteiger partial charge on any atom is 0.139 e. The summed E-state index contributed by atoms with van der Waals surface area (Å²) in [7, 11) is 0. The Morgan fingerprint density at radius 3 is 2.67 bits per heavy atom. The van der Waals surface area contributed by atoms with Crippen molar-refractivity contribution >= 4 is 5.78 Å². The van der Waals surface area contributed by atoms with Gasteiger partial charge in [-0.3, -0.25) is 4.79 Å². The summed E-state index contributed by atoms with van der Waals surface area (Å²) < 4.78 is 0. The lowest BCUT2D eigenvalue weighted by molar-refractivity contribution is -0.128. The van der Waals surface area contributed by atoms with E-state index in [0.29, 0.717) is 17.1 Å². The van der Waals surface area contributed by atoms with Crippen molar-refractivity contribution in [2.24, 2.45) is 28.6 Å². The fraction of sp³-hybridized carbons (Fsp3) is 0.929. The Balaban J connectivity index is 1.95. The molecule has 0 radical (unpaired) electrons. The highest BCUT2D eigenvalue weighted by Crippen LogP contribution is 2.65. The second kappa shape index (κ2) is 2.67. The van der Waals surface area contributed by atoms with Crippen LogP contribution in [0.1, 0.15) is 52.9 Å². The van der Waals surface area contributed by atoms with Crippen molar-refractivity contribution in [3.05, 3.63) is 0 Å². The molecule has 0 aliphatic heterocycles. The molecule has 4 atom stereocenters. The van der Waals surface area contributed by atoms with Crippen LogP contribution in [0.5, 0.6) is 0 Å². The number of ketones is 1. The molecule has 0 amide bonds. The molecule has 0 aromatic rings. The van der Waals surface area contributed by atoms with Gasteiger partial charge in [0.2, 0.25) is 0 Å². The first kappa shape index (κ1) is 9.86. The van der Waals surface area contributed by atoms with E-state index < -0.39 is 0 Å². The zero-order chi connectivity index (χ0) is 10.8. The van der Waals surface area contributed by atoms with Crippen molar-refractivity contribution < 1.29 is 4.79 Å². The Morgan fingerprint density at radius 1 is 1.20 bits per heavy atom. The first-order valence-electron chi connectivity index (χ1n) is 6.47. The summed E-state index contributed by atoms with van der Waals surface area (Å²) in [5.41, 5.74) is 0.574. The summed E-state index contributed by atoms with van der Waals surface area (Å²) in [5, 5.41) is 0. The van der Waals surface area contributed by atoms with Gasteiger partial charge in [0.25, 0.3) is 0 Å². The first-order chi connectivity index (χ1) is 6.93. The molecular formula is C14H22O. The van der Waals surface area contributed by atoms with E-state index in [0.717, 1.165) is 18.3 Å². The number of carbonyl (C=O) groups is 1. The fourth-order valence-corrected chi connectivity index (χ4v) is 4.99. The van der Waals surface area contributed by atoms with Crippen molar-refractivity contribution in [1.82, 2.24) is 0 Å². The molecule has 3 aliphatic carbocycles. The molecule has 1 nitrogen and oxygen atoms in total. The SMILES string of the molecule is CC1(C)C[C@@H]2C[C@H]3CCC(=O)[C@@]3(C)[C@@H]2C1. The molecule has 1 heteroatoms. The molecule has 84 valence electrons. The normalized spacial score (nSPS) is 51.9. The van der Waals surface area contributed by atoms with Gasteiger partial charge in [0.15, 0.2) is 0 Å². The number of rotatable bonds is 0. The molecule has 0 heterocycles. The molecule has 0 spiro atoms. The monoisotopic (exact) mass is 206 g/mol. The molecule has 3 fully saturated rings. The van der Waals surface area contributed by atoms with Crippen LogP contribution in [0.2, 0.25) is 0 Å². The summed E-state index contributed by atoms with van der Waals surface area (Å²) in [6.45, 7) is 7.03. The lowest BCUT2D eigenvalue weighted by Gasteiger charge is -2.31. The van der Waals surface area contributed by atoms with Crippen LogP contribution in [0.3, 0.4) is 0 Å². The van der Waals surface area contributed by atoms with E-state index in [1.54, 1.807) is 0 Å². The summed E-state index contributed by atoms with van der Waals surface area (Å²) in [6, 6.07) is 0. The predicted molar refractivity (Wildman–Crippen MR) is 60.5 cm³/mol. The molecule has 3 aliphatic rings. The number of fused-ring (bicyclic) bond motifs is 3. The van der Waals surface area contributed by atoms with Crippen molar-refractivity contribution in [3.63, 3.8) is 0 Å². The van der Waals surface area contributed by atoms with Crippen molar-refractivity contribution in [2.75, 3.05) is 0 Å². The Labute approximate surface area is 92.6 Å². The van der Waals surface area contributed by atoms with Gasteiger partial charge in [-0.05, 0) is 48.9 Å². The highest BCUT2D eigenvalue weighted by molar-refractivity contribution is 5.87. The van der Waals surface area contributed by atoms with Crippen LogP contribution >= 0.6 is 0 Å². The third-order valence-electron chi connectivity index (χ3n) is 5.68. The van der Waals surface area contributed by atoms with Gasteiger partial charge in [0.05, 0.1) is 0 Å². The topological polar surface area (TPSA) is 17.1 Å². The maximum absolute atomic E-state index is 12.1. The van der Waals surface area contributed by atoms with Gasteiger partial charge < -0.3 is 0 Å². The van der Waals surface area contributed by atoms with E-state index in [2.05, 4.69) is 20.8 Å². The Hall–Kier alpha value is -0.330. The molecule has 3 rings (SSSR count). The second-order valence-electron chi connectivity index (χ2n) is 7.12. The molecular weight excluding hydrogens is 184 g/mol. The van der Waals surface area contributed by atoms with Crippen LogP contribution < -0.4 is 0 Å². The Bertz CT molecular complexity index is 317. The van der Waals surface area contributed by atoms with E-state index in [-0.39, 0.29) is 5.41 Å². The molecule has 15 heavy (non-hydrogen) atoms. The van der Waals surface area contributed by atoms with Gasteiger partial charge in [0.1, 0.15) is 5.78 Å². The summed E-state index contributed by atoms with van der Waals surface area (Å²) in [5.74, 6) is 2.89. The number of hydrogen-bond acceptors (Lipinski definition) is 1. The Morgan fingerprint density at radius 2 is 1.93 bits per heavy atom. The smallest absolute Gasteiger partial charge is 0.139 e. The van der Waals surface area contributed by atoms with Gasteiger partial charge in [-0.25, -0.2) is 0 Å². The van der Waals surface area contributed by atoms with Gasteiger partial charge in [-0.1, -0.05) is 20.8 Å². The van der Waals surface area contributed by atoms with Crippen LogP contribution in [-0.2, 0) is 4.79 Å². The first-order valence-corrected chi connectivity index (χ1v) is 6.47. The predicted octanol–water partition coefficient (Wildman–Crippen LogP) is 3.43. The highest BCUT2D eigenvalue weighted by Gasteiger charge is 2.62. The average molecular weight is 206 g/mol. The fourth-order valence-electron chi connectivity index (χ4n) is 4.99. The minimum atomic E-state index is 0.0818. The van der Waals surface area contributed by atoms with Crippen LogP contribution in [0, 0.1) is 28.6 Å². The van der Waals surface area contributed by atoms with Gasteiger partial charge >= 0.3 is 0 Å². The molecule has 0 aromatic heterocycles. The largest absolute Gasteiger partial charge is 0.299 e. The van der Waals surface area contributed by atoms with Crippen LogP contribution in [0.25, 0.3) is 0 Å². The summed E-state index contributed by atoms with van der Waals surface area (Å²) in [4.78, 5) is 12.1. The maximum atomic E-state index is 12.1. The lowest BCUT2D eigenvalue weighted by Crippen LogP contribution is -2.32. The summed E-state index contributed by atoms with van der Waals surface area (Å²) >= 11 is 0. The Kier molecular flexibility index (Phi) is 1.76.